The monoisotopic (exact) mass is 224 g/mol. The van der Waals surface area contributed by atoms with Crippen molar-refractivity contribution in [1.82, 2.24) is 4.90 Å². The molecule has 4 nitrogen and oxygen atoms in total. The SMILES string of the molecule is CN(CC(N)=S)C(=O)Oc1ccccc1. The van der Waals surface area contributed by atoms with Gasteiger partial charge >= 0.3 is 6.09 Å². The lowest BCUT2D eigenvalue weighted by Gasteiger charge is -2.15. The van der Waals surface area contributed by atoms with Crippen LogP contribution in [0.5, 0.6) is 5.75 Å². The molecule has 0 heterocycles. The van der Waals surface area contributed by atoms with Crippen LogP contribution in [0.2, 0.25) is 0 Å². The number of benzene rings is 1. The minimum Gasteiger partial charge on any atom is -0.410 e. The van der Waals surface area contributed by atoms with Crippen LogP contribution in [0.3, 0.4) is 0 Å². The number of likely N-dealkylation sites (N-methyl/N-ethyl adjacent to an activating group) is 1. The standard InChI is InChI=1S/C10H12N2O2S/c1-12(7-9(11)15)10(13)14-8-5-3-2-4-6-8/h2-6H,7H2,1H3,(H2,11,15). The van der Waals surface area contributed by atoms with Gasteiger partial charge in [-0.15, -0.1) is 0 Å². The summed E-state index contributed by atoms with van der Waals surface area (Å²) in [5.41, 5.74) is 5.31. The zero-order chi connectivity index (χ0) is 11.3. The Bertz CT molecular complexity index is 354. The minimum atomic E-state index is -0.478. The van der Waals surface area contributed by atoms with Gasteiger partial charge in [-0.3, -0.25) is 0 Å². The second kappa shape index (κ2) is 5.31. The Kier molecular flexibility index (Phi) is 4.05. The van der Waals surface area contributed by atoms with Crippen LogP contribution in [0.4, 0.5) is 4.79 Å². The Hall–Kier alpha value is -1.62. The molecule has 0 fully saturated rings. The first-order valence-electron chi connectivity index (χ1n) is 4.36. The Morgan fingerprint density at radius 1 is 1.47 bits per heavy atom. The van der Waals surface area contributed by atoms with Crippen LogP contribution in [0.15, 0.2) is 30.3 Å². The maximum Gasteiger partial charge on any atom is 0.415 e. The van der Waals surface area contributed by atoms with Crippen LogP contribution in [0, 0.1) is 0 Å². The van der Waals surface area contributed by atoms with E-state index in [0.717, 1.165) is 0 Å². The summed E-state index contributed by atoms with van der Waals surface area (Å²) in [5, 5.41) is 0. The van der Waals surface area contributed by atoms with E-state index in [0.29, 0.717) is 5.75 Å². The zero-order valence-corrected chi connectivity index (χ0v) is 9.16. The molecule has 15 heavy (non-hydrogen) atoms. The molecular weight excluding hydrogens is 212 g/mol. The molecule has 0 saturated carbocycles. The summed E-state index contributed by atoms with van der Waals surface area (Å²) in [4.78, 5) is 13.0. The maximum absolute atomic E-state index is 11.4. The van der Waals surface area contributed by atoms with E-state index in [-0.39, 0.29) is 11.5 Å². The number of ether oxygens (including phenoxy) is 1. The smallest absolute Gasteiger partial charge is 0.410 e. The van der Waals surface area contributed by atoms with Crippen LogP contribution < -0.4 is 10.5 Å². The van der Waals surface area contributed by atoms with Gasteiger partial charge in [0.15, 0.2) is 0 Å². The molecule has 1 amide bonds. The van der Waals surface area contributed by atoms with Crippen LogP contribution in [0.1, 0.15) is 0 Å². The number of para-hydroxylation sites is 1. The number of amides is 1. The van der Waals surface area contributed by atoms with Gasteiger partial charge in [-0.05, 0) is 12.1 Å². The van der Waals surface area contributed by atoms with E-state index >= 15 is 0 Å². The maximum atomic E-state index is 11.4. The second-order valence-electron chi connectivity index (χ2n) is 3.00. The number of carbonyl (C=O) groups is 1. The zero-order valence-electron chi connectivity index (χ0n) is 8.34. The summed E-state index contributed by atoms with van der Waals surface area (Å²) in [7, 11) is 1.57. The van der Waals surface area contributed by atoms with E-state index in [2.05, 4.69) is 12.2 Å². The van der Waals surface area contributed by atoms with Gasteiger partial charge < -0.3 is 15.4 Å². The highest BCUT2D eigenvalue weighted by molar-refractivity contribution is 7.80. The normalized spacial score (nSPS) is 9.40. The van der Waals surface area contributed by atoms with Gasteiger partial charge in [-0.25, -0.2) is 4.79 Å². The van der Waals surface area contributed by atoms with Gasteiger partial charge in [0.1, 0.15) is 5.75 Å². The first-order valence-corrected chi connectivity index (χ1v) is 4.76. The van der Waals surface area contributed by atoms with Crippen molar-refractivity contribution in [3.8, 4) is 5.75 Å². The average molecular weight is 224 g/mol. The Labute approximate surface area is 93.6 Å². The van der Waals surface area contributed by atoms with Gasteiger partial charge in [0.2, 0.25) is 0 Å². The lowest BCUT2D eigenvalue weighted by atomic mass is 10.3. The average Bonchev–Trinajstić information content (AvgIpc) is 2.18. The summed E-state index contributed by atoms with van der Waals surface area (Å²) in [6, 6.07) is 8.82. The number of hydrogen-bond donors (Lipinski definition) is 1. The summed E-state index contributed by atoms with van der Waals surface area (Å²) >= 11 is 4.68. The van der Waals surface area contributed by atoms with E-state index in [1.165, 1.54) is 4.90 Å². The van der Waals surface area contributed by atoms with Crippen molar-refractivity contribution in [2.24, 2.45) is 5.73 Å². The topological polar surface area (TPSA) is 55.6 Å². The van der Waals surface area contributed by atoms with Crippen molar-refractivity contribution in [2.45, 2.75) is 0 Å². The molecule has 1 aromatic rings. The van der Waals surface area contributed by atoms with Crippen LogP contribution in [-0.2, 0) is 0 Å². The molecule has 0 aliphatic carbocycles. The summed E-state index contributed by atoms with van der Waals surface area (Å²) < 4.78 is 5.05. The largest absolute Gasteiger partial charge is 0.415 e. The Morgan fingerprint density at radius 3 is 2.60 bits per heavy atom. The summed E-state index contributed by atoms with van der Waals surface area (Å²) in [6.07, 6.45) is -0.478. The molecule has 0 atom stereocenters. The fourth-order valence-corrected chi connectivity index (χ4v) is 1.16. The van der Waals surface area contributed by atoms with Gasteiger partial charge in [-0.1, -0.05) is 30.4 Å². The van der Waals surface area contributed by atoms with Gasteiger partial charge in [0.25, 0.3) is 0 Å². The number of carbonyl (C=O) groups excluding carboxylic acids is 1. The molecular formula is C10H12N2O2S. The molecule has 2 N–H and O–H groups in total. The molecule has 0 aromatic heterocycles. The summed E-state index contributed by atoms with van der Waals surface area (Å²) in [6.45, 7) is 0.209. The lowest BCUT2D eigenvalue weighted by molar-refractivity contribution is 0.168. The van der Waals surface area contributed by atoms with E-state index < -0.39 is 6.09 Å². The van der Waals surface area contributed by atoms with Crippen molar-refractivity contribution in [1.29, 1.82) is 0 Å². The third kappa shape index (κ3) is 3.95. The fourth-order valence-electron chi connectivity index (χ4n) is 0.966. The van der Waals surface area contributed by atoms with Gasteiger partial charge in [0.05, 0.1) is 11.5 Å². The van der Waals surface area contributed by atoms with E-state index in [4.69, 9.17) is 10.5 Å². The molecule has 0 bridgehead atoms. The van der Waals surface area contributed by atoms with E-state index in [1.807, 2.05) is 6.07 Å². The highest BCUT2D eigenvalue weighted by Crippen LogP contribution is 2.09. The van der Waals surface area contributed by atoms with Gasteiger partial charge in [-0.2, -0.15) is 0 Å². The van der Waals surface area contributed by atoms with Crippen molar-refractivity contribution in [2.75, 3.05) is 13.6 Å². The molecule has 1 rings (SSSR count). The molecule has 1 aromatic carbocycles. The van der Waals surface area contributed by atoms with E-state index in [9.17, 15) is 4.79 Å². The number of hydrogen-bond acceptors (Lipinski definition) is 3. The number of nitrogens with two attached hydrogens (primary N) is 1. The third-order valence-corrected chi connectivity index (χ3v) is 1.78. The second-order valence-corrected chi connectivity index (χ2v) is 3.53. The van der Waals surface area contributed by atoms with Crippen LogP contribution in [-0.4, -0.2) is 29.6 Å². The van der Waals surface area contributed by atoms with Crippen molar-refractivity contribution >= 4 is 23.3 Å². The third-order valence-electron chi connectivity index (χ3n) is 1.65. The quantitative estimate of drug-likeness (QED) is 0.789. The predicted molar refractivity (Wildman–Crippen MR) is 61.9 cm³/mol. The molecule has 0 aliphatic rings. The number of nitrogens with zero attached hydrogens (tertiary/aromatic N) is 1. The van der Waals surface area contributed by atoms with Crippen molar-refractivity contribution in [3.63, 3.8) is 0 Å². The first-order chi connectivity index (χ1) is 7.09. The predicted octanol–water partition coefficient (Wildman–Crippen LogP) is 1.40. The molecule has 0 saturated heterocycles. The molecule has 0 aliphatic heterocycles. The van der Waals surface area contributed by atoms with E-state index in [1.54, 1.807) is 31.3 Å². The number of rotatable bonds is 3. The minimum absolute atomic E-state index is 0.209. The Balaban J connectivity index is 2.52. The van der Waals surface area contributed by atoms with Crippen molar-refractivity contribution in [3.05, 3.63) is 30.3 Å². The first kappa shape index (κ1) is 11.5. The molecule has 5 heteroatoms. The highest BCUT2D eigenvalue weighted by atomic mass is 32.1. The molecule has 0 unspecified atom stereocenters. The molecule has 80 valence electrons. The Morgan fingerprint density at radius 2 is 2.07 bits per heavy atom. The molecule has 0 spiro atoms. The lowest BCUT2D eigenvalue weighted by Crippen LogP contribution is -2.36. The van der Waals surface area contributed by atoms with Crippen LogP contribution >= 0.6 is 12.2 Å². The van der Waals surface area contributed by atoms with Gasteiger partial charge in [0, 0.05) is 7.05 Å². The van der Waals surface area contributed by atoms with Crippen LogP contribution in [0.25, 0.3) is 0 Å². The molecule has 0 radical (unpaired) electrons. The fraction of sp³-hybridized carbons (Fsp3) is 0.200. The number of thiocarbonyl (C=S) groups is 1. The highest BCUT2D eigenvalue weighted by Gasteiger charge is 2.11. The van der Waals surface area contributed by atoms with Crippen molar-refractivity contribution < 1.29 is 9.53 Å². The summed E-state index contributed by atoms with van der Waals surface area (Å²) in [5.74, 6) is 0.497.